The minimum Gasteiger partial charge on any atom is -0.487 e. The smallest absolute Gasteiger partial charge is 0.266 e. The van der Waals surface area contributed by atoms with Crippen molar-refractivity contribution in [2.75, 3.05) is 4.90 Å². The van der Waals surface area contributed by atoms with Crippen molar-refractivity contribution >= 4 is 24.0 Å². The summed E-state index contributed by atoms with van der Waals surface area (Å²) in [5, 5.41) is 4.15. The molecule has 4 rings (SSSR count). The number of aromatic nitrogens is 3. The number of hydrogen-bond acceptors (Lipinski definition) is 8. The zero-order chi connectivity index (χ0) is 20.4. The zero-order valence-electron chi connectivity index (χ0n) is 15.3. The molecule has 3 aromatic rings. The summed E-state index contributed by atoms with van der Waals surface area (Å²) in [6, 6.07) is 11.6. The third kappa shape index (κ3) is 3.93. The van der Waals surface area contributed by atoms with Crippen LogP contribution in [0.1, 0.15) is 21.6 Å². The summed E-state index contributed by atoms with van der Waals surface area (Å²) < 4.78 is 20.5. The van der Waals surface area contributed by atoms with Gasteiger partial charge in [0.15, 0.2) is 11.6 Å². The number of carbonyl (C=O) groups excluding carboxylic acids is 1. The van der Waals surface area contributed by atoms with Crippen LogP contribution in [-0.2, 0) is 20.2 Å². The molecule has 1 N–H and O–H groups in total. The predicted molar refractivity (Wildman–Crippen MR) is 106 cm³/mol. The second kappa shape index (κ2) is 7.94. The van der Waals surface area contributed by atoms with E-state index in [0.29, 0.717) is 35.1 Å². The summed E-state index contributed by atoms with van der Waals surface area (Å²) in [4.78, 5) is 29.9. The maximum Gasteiger partial charge on any atom is 0.266 e. The fourth-order valence-electron chi connectivity index (χ4n) is 2.95. The third-order valence-corrected chi connectivity index (χ3v) is 4.69. The lowest BCUT2D eigenvalue weighted by atomic mass is 10.1. The monoisotopic (exact) mass is 412 g/mol. The fourth-order valence-corrected chi connectivity index (χ4v) is 3.14. The molecule has 0 fully saturated rings. The van der Waals surface area contributed by atoms with E-state index >= 15 is 0 Å². The molecule has 2 aromatic heterocycles. The van der Waals surface area contributed by atoms with Gasteiger partial charge in [-0.3, -0.25) is 24.0 Å². The second-order valence-electron chi connectivity index (χ2n) is 6.30. The highest BCUT2D eigenvalue weighted by atomic mass is 32.2. The Morgan fingerprint density at radius 1 is 1.14 bits per heavy atom. The van der Waals surface area contributed by atoms with Crippen LogP contribution in [0.15, 0.2) is 53.5 Å². The van der Waals surface area contributed by atoms with Crippen LogP contribution < -0.4 is 19.4 Å². The van der Waals surface area contributed by atoms with E-state index in [2.05, 4.69) is 10.1 Å². The molecule has 0 spiro atoms. The van der Waals surface area contributed by atoms with Crippen molar-refractivity contribution in [2.24, 2.45) is 7.05 Å². The van der Waals surface area contributed by atoms with Gasteiger partial charge in [0.05, 0.1) is 18.4 Å². The first kappa shape index (κ1) is 19.0. The molecule has 0 saturated heterocycles. The van der Waals surface area contributed by atoms with Gasteiger partial charge in [-0.2, -0.15) is 5.10 Å². The van der Waals surface area contributed by atoms with E-state index in [1.165, 1.54) is 27.9 Å². The number of ether oxygens (including phenoxy) is 1. The highest BCUT2D eigenvalue weighted by molar-refractivity contribution is 7.89. The number of anilines is 1. The molecule has 10 heteroatoms. The van der Waals surface area contributed by atoms with Gasteiger partial charge in [-0.15, -0.1) is 0 Å². The number of fused-ring (bicyclic) bond motifs is 1. The Labute approximate surface area is 169 Å². The molecule has 1 aliphatic heterocycles. The first-order chi connectivity index (χ1) is 14.0. The van der Waals surface area contributed by atoms with E-state index in [1.807, 2.05) is 6.07 Å². The van der Waals surface area contributed by atoms with E-state index in [9.17, 15) is 9.59 Å². The molecule has 0 unspecified atom stereocenters. The average molecular weight is 412 g/mol. The number of rotatable bonds is 6. The number of aryl methyl sites for hydroxylation is 1. The van der Waals surface area contributed by atoms with Gasteiger partial charge in [0.1, 0.15) is 12.4 Å². The summed E-state index contributed by atoms with van der Waals surface area (Å²) in [5.74, 6) is 1.30. The van der Waals surface area contributed by atoms with Crippen LogP contribution >= 0.6 is 12.3 Å². The molecule has 0 atom stereocenters. The largest absolute Gasteiger partial charge is 0.487 e. The van der Waals surface area contributed by atoms with Gasteiger partial charge in [0.2, 0.25) is 12.3 Å². The Kier molecular flexibility index (Phi) is 5.19. The average Bonchev–Trinajstić information content (AvgIpc) is 3.06. The number of benzene rings is 1. The third-order valence-electron chi connectivity index (χ3n) is 4.42. The van der Waals surface area contributed by atoms with Crippen molar-refractivity contribution < 1.29 is 18.3 Å². The second-order valence-corrected chi connectivity index (χ2v) is 6.61. The maximum atomic E-state index is 12.7. The van der Waals surface area contributed by atoms with Crippen LogP contribution in [0.2, 0.25) is 0 Å². The molecular formula is C19H16N4O5S. The van der Waals surface area contributed by atoms with E-state index < -0.39 is 0 Å². The minimum atomic E-state index is -0.239. The van der Waals surface area contributed by atoms with Crippen molar-refractivity contribution in [1.29, 1.82) is 0 Å². The van der Waals surface area contributed by atoms with Crippen molar-refractivity contribution in [3.63, 3.8) is 0 Å². The molecule has 0 aliphatic carbocycles. The first-order valence-electron chi connectivity index (χ1n) is 8.60. The molecule has 148 valence electrons. The molecule has 29 heavy (non-hydrogen) atoms. The lowest BCUT2D eigenvalue weighted by Crippen LogP contribution is -2.28. The standard InChI is InChI=1S/C19H16N4O5S/c1-22-18(24)7-6-17(21-22)23-10-12-8-14(4-5-16(12)19(23)25)27-11-13-2-3-15(9-20-13)28-29-26/h2-9,26H,10-11H2,1H3. The van der Waals surface area contributed by atoms with Crippen LogP contribution in [-0.4, -0.2) is 25.2 Å². The highest BCUT2D eigenvalue weighted by Crippen LogP contribution is 2.29. The molecule has 0 radical (unpaired) electrons. The Morgan fingerprint density at radius 3 is 2.69 bits per heavy atom. The molecule has 1 amide bonds. The van der Waals surface area contributed by atoms with Gasteiger partial charge in [0, 0.05) is 18.7 Å². The summed E-state index contributed by atoms with van der Waals surface area (Å²) in [6.45, 7) is 0.588. The Balaban J connectivity index is 1.47. The summed E-state index contributed by atoms with van der Waals surface area (Å²) in [6.07, 6.45) is 1.49. The van der Waals surface area contributed by atoms with Crippen molar-refractivity contribution in [3.8, 4) is 11.5 Å². The van der Waals surface area contributed by atoms with Crippen molar-refractivity contribution in [2.45, 2.75) is 13.2 Å². The molecular weight excluding hydrogens is 396 g/mol. The van der Waals surface area contributed by atoms with E-state index in [1.54, 1.807) is 31.3 Å². The Morgan fingerprint density at radius 2 is 1.97 bits per heavy atom. The van der Waals surface area contributed by atoms with Gasteiger partial charge in [0.25, 0.3) is 11.5 Å². The molecule has 1 aromatic carbocycles. The van der Waals surface area contributed by atoms with Crippen molar-refractivity contribution in [1.82, 2.24) is 14.8 Å². The van der Waals surface area contributed by atoms with Gasteiger partial charge >= 0.3 is 0 Å². The van der Waals surface area contributed by atoms with E-state index in [-0.39, 0.29) is 30.4 Å². The number of pyridine rings is 1. The molecule has 1 aliphatic rings. The zero-order valence-corrected chi connectivity index (χ0v) is 16.1. The SMILES string of the molecule is Cn1nc(N2Cc3cc(OCc4ccc(OSO)cn4)ccc3C2=O)ccc1=O. The minimum absolute atomic E-state index is 0.170. The number of carbonyl (C=O) groups is 1. The van der Waals surface area contributed by atoms with Crippen molar-refractivity contribution in [3.05, 3.63) is 75.8 Å². The van der Waals surface area contributed by atoms with Gasteiger partial charge in [-0.25, -0.2) is 4.68 Å². The Hall–Kier alpha value is -3.37. The maximum absolute atomic E-state index is 12.7. The molecule has 0 bridgehead atoms. The predicted octanol–water partition coefficient (Wildman–Crippen LogP) is 2.41. The van der Waals surface area contributed by atoms with Crippen LogP contribution in [0.5, 0.6) is 11.5 Å². The lowest BCUT2D eigenvalue weighted by Gasteiger charge is -2.14. The van der Waals surface area contributed by atoms with Crippen LogP contribution in [0.3, 0.4) is 0 Å². The van der Waals surface area contributed by atoms with E-state index in [0.717, 1.165) is 5.56 Å². The Bertz CT molecular complexity index is 1120. The van der Waals surface area contributed by atoms with Gasteiger partial charge in [-0.1, -0.05) is 0 Å². The van der Waals surface area contributed by atoms with Crippen LogP contribution in [0.4, 0.5) is 5.82 Å². The number of nitrogens with zero attached hydrogens (tertiary/aromatic N) is 4. The van der Waals surface area contributed by atoms with Crippen LogP contribution in [0.25, 0.3) is 0 Å². The topological polar surface area (TPSA) is 107 Å². The van der Waals surface area contributed by atoms with Gasteiger partial charge < -0.3 is 8.92 Å². The number of hydrogen-bond donors (Lipinski definition) is 1. The molecule has 3 heterocycles. The first-order valence-corrected chi connectivity index (χ1v) is 9.30. The van der Waals surface area contributed by atoms with Gasteiger partial charge in [-0.05, 0) is 42.0 Å². The van der Waals surface area contributed by atoms with E-state index in [4.69, 9.17) is 13.5 Å². The normalized spacial score (nSPS) is 12.8. The van der Waals surface area contributed by atoms with Crippen LogP contribution in [0, 0.1) is 0 Å². The molecule has 0 saturated carbocycles. The summed E-state index contributed by atoms with van der Waals surface area (Å²) in [7, 11) is 1.54. The lowest BCUT2D eigenvalue weighted by molar-refractivity contribution is 0.0995. The summed E-state index contributed by atoms with van der Waals surface area (Å²) in [5.41, 5.74) is 1.85. The number of amides is 1. The molecule has 9 nitrogen and oxygen atoms in total. The summed E-state index contributed by atoms with van der Waals surface area (Å²) >= 11 is 0.258. The quantitative estimate of drug-likeness (QED) is 0.615. The highest BCUT2D eigenvalue weighted by Gasteiger charge is 2.30. The fraction of sp³-hybridized carbons (Fsp3) is 0.158.